The van der Waals surface area contributed by atoms with E-state index in [1.54, 1.807) is 0 Å². The lowest BCUT2D eigenvalue weighted by Crippen LogP contribution is -2.11. The third kappa shape index (κ3) is 2.61. The number of aromatic nitrogens is 1. The summed E-state index contributed by atoms with van der Waals surface area (Å²) in [6.07, 6.45) is 1.41. The van der Waals surface area contributed by atoms with E-state index in [0.29, 0.717) is 6.42 Å². The number of carbonyl (C=O) groups is 1. The third-order valence-corrected chi connectivity index (χ3v) is 2.60. The van der Waals surface area contributed by atoms with Gasteiger partial charge < -0.3 is 5.32 Å². The van der Waals surface area contributed by atoms with Crippen LogP contribution in [-0.4, -0.2) is 10.9 Å². The number of pyridine rings is 1. The molecule has 3 heteroatoms. The van der Waals surface area contributed by atoms with E-state index in [0.717, 1.165) is 28.7 Å². The Bertz CT molecular complexity index is 549. The smallest absolute Gasteiger partial charge is 0.224 e. The lowest BCUT2D eigenvalue weighted by molar-refractivity contribution is -0.116. The number of hydrogen-bond donors (Lipinski definition) is 1. The van der Waals surface area contributed by atoms with Crippen LogP contribution in [0.4, 0.5) is 5.69 Å². The maximum Gasteiger partial charge on any atom is 0.224 e. The molecule has 1 aromatic carbocycles. The molecule has 0 atom stereocenters. The maximum atomic E-state index is 11.6. The van der Waals surface area contributed by atoms with Crippen molar-refractivity contribution in [1.82, 2.24) is 4.98 Å². The number of amides is 1. The SMILES string of the molecule is CCCC(=O)Nc1cc(C)nc2ccccc12. The van der Waals surface area contributed by atoms with Gasteiger partial charge in [-0.2, -0.15) is 0 Å². The van der Waals surface area contributed by atoms with Gasteiger partial charge in [0.15, 0.2) is 0 Å². The first kappa shape index (κ1) is 11.6. The number of aryl methyl sites for hydroxylation is 1. The first-order valence-corrected chi connectivity index (χ1v) is 5.87. The second-order valence-electron chi connectivity index (χ2n) is 4.13. The highest BCUT2D eigenvalue weighted by Crippen LogP contribution is 2.22. The number of fused-ring (bicyclic) bond motifs is 1. The summed E-state index contributed by atoms with van der Waals surface area (Å²) in [6.45, 7) is 3.93. The number of benzene rings is 1. The van der Waals surface area contributed by atoms with Crippen LogP contribution in [0.15, 0.2) is 30.3 Å². The predicted octanol–water partition coefficient (Wildman–Crippen LogP) is 3.28. The Hall–Kier alpha value is -1.90. The van der Waals surface area contributed by atoms with E-state index in [1.165, 1.54) is 0 Å². The van der Waals surface area contributed by atoms with Crippen molar-refractivity contribution in [2.24, 2.45) is 0 Å². The molecular weight excluding hydrogens is 212 g/mol. The van der Waals surface area contributed by atoms with Gasteiger partial charge in [0, 0.05) is 17.5 Å². The van der Waals surface area contributed by atoms with Crippen molar-refractivity contribution >= 4 is 22.5 Å². The first-order chi connectivity index (χ1) is 8.20. The van der Waals surface area contributed by atoms with Gasteiger partial charge in [-0.3, -0.25) is 9.78 Å². The number of nitrogens with one attached hydrogen (secondary N) is 1. The number of carbonyl (C=O) groups excluding carboxylic acids is 1. The summed E-state index contributed by atoms with van der Waals surface area (Å²) in [7, 11) is 0. The standard InChI is InChI=1S/C14H16N2O/c1-3-6-14(17)16-13-9-10(2)15-12-8-5-4-7-11(12)13/h4-5,7-9H,3,6H2,1-2H3,(H,15,16,17). The number of anilines is 1. The highest BCUT2D eigenvalue weighted by molar-refractivity contribution is 6.00. The molecule has 0 unspecified atom stereocenters. The highest BCUT2D eigenvalue weighted by atomic mass is 16.1. The Kier molecular flexibility index (Phi) is 3.38. The fraction of sp³-hybridized carbons (Fsp3) is 0.286. The summed E-state index contributed by atoms with van der Waals surface area (Å²) in [5.41, 5.74) is 2.68. The van der Waals surface area contributed by atoms with Gasteiger partial charge in [0.2, 0.25) is 5.91 Å². The minimum absolute atomic E-state index is 0.0586. The van der Waals surface area contributed by atoms with Crippen LogP contribution >= 0.6 is 0 Å². The molecule has 0 aliphatic carbocycles. The summed E-state index contributed by atoms with van der Waals surface area (Å²) in [4.78, 5) is 16.1. The number of rotatable bonds is 3. The molecule has 0 saturated carbocycles. The predicted molar refractivity (Wildman–Crippen MR) is 70.0 cm³/mol. The van der Waals surface area contributed by atoms with Crippen LogP contribution in [0.1, 0.15) is 25.5 Å². The molecule has 0 aliphatic rings. The van der Waals surface area contributed by atoms with E-state index in [2.05, 4.69) is 10.3 Å². The van der Waals surface area contributed by atoms with E-state index in [9.17, 15) is 4.79 Å². The van der Waals surface area contributed by atoms with Gasteiger partial charge in [0.1, 0.15) is 0 Å². The normalized spacial score (nSPS) is 10.5. The van der Waals surface area contributed by atoms with Gasteiger partial charge in [0.05, 0.1) is 11.2 Å². The number of hydrogen-bond acceptors (Lipinski definition) is 2. The Labute approximate surface area is 101 Å². The summed E-state index contributed by atoms with van der Waals surface area (Å²) < 4.78 is 0. The molecule has 3 nitrogen and oxygen atoms in total. The molecule has 0 aliphatic heterocycles. The van der Waals surface area contributed by atoms with E-state index >= 15 is 0 Å². The molecule has 1 amide bonds. The van der Waals surface area contributed by atoms with Crippen LogP contribution in [0.3, 0.4) is 0 Å². The van der Waals surface area contributed by atoms with Crippen LogP contribution in [0.2, 0.25) is 0 Å². The second kappa shape index (κ2) is 4.95. The van der Waals surface area contributed by atoms with Gasteiger partial charge in [-0.15, -0.1) is 0 Å². The minimum Gasteiger partial charge on any atom is -0.325 e. The minimum atomic E-state index is 0.0586. The largest absolute Gasteiger partial charge is 0.325 e. The van der Waals surface area contributed by atoms with Crippen molar-refractivity contribution in [3.8, 4) is 0 Å². The molecule has 0 radical (unpaired) electrons. The fourth-order valence-corrected chi connectivity index (χ4v) is 1.85. The Balaban J connectivity index is 2.42. The average Bonchev–Trinajstić information content (AvgIpc) is 2.29. The summed E-state index contributed by atoms with van der Waals surface area (Å²) in [5.74, 6) is 0.0586. The Morgan fingerprint density at radius 2 is 2.12 bits per heavy atom. The highest BCUT2D eigenvalue weighted by Gasteiger charge is 2.06. The van der Waals surface area contributed by atoms with Crippen molar-refractivity contribution < 1.29 is 4.79 Å². The van der Waals surface area contributed by atoms with Crippen molar-refractivity contribution in [2.45, 2.75) is 26.7 Å². The van der Waals surface area contributed by atoms with Gasteiger partial charge in [-0.05, 0) is 25.5 Å². The van der Waals surface area contributed by atoms with Gasteiger partial charge in [-0.25, -0.2) is 0 Å². The summed E-state index contributed by atoms with van der Waals surface area (Å²) >= 11 is 0. The molecule has 17 heavy (non-hydrogen) atoms. The quantitative estimate of drug-likeness (QED) is 0.875. The van der Waals surface area contributed by atoms with Gasteiger partial charge >= 0.3 is 0 Å². The van der Waals surface area contributed by atoms with Gasteiger partial charge in [0.25, 0.3) is 0 Å². The molecule has 0 bridgehead atoms. The van der Waals surface area contributed by atoms with Crippen LogP contribution in [-0.2, 0) is 4.79 Å². The van der Waals surface area contributed by atoms with Crippen LogP contribution in [0, 0.1) is 6.92 Å². The molecule has 1 aromatic heterocycles. The average molecular weight is 228 g/mol. The van der Waals surface area contributed by atoms with E-state index in [1.807, 2.05) is 44.2 Å². The third-order valence-electron chi connectivity index (χ3n) is 2.60. The van der Waals surface area contributed by atoms with Crippen LogP contribution in [0.25, 0.3) is 10.9 Å². The lowest BCUT2D eigenvalue weighted by Gasteiger charge is -2.09. The molecule has 2 aromatic rings. The summed E-state index contributed by atoms with van der Waals surface area (Å²) in [5, 5.41) is 3.94. The van der Waals surface area contributed by atoms with Crippen LogP contribution < -0.4 is 5.32 Å². The fourth-order valence-electron chi connectivity index (χ4n) is 1.85. The molecule has 0 spiro atoms. The molecule has 0 saturated heterocycles. The van der Waals surface area contributed by atoms with Gasteiger partial charge in [-0.1, -0.05) is 25.1 Å². The number of nitrogens with zero attached hydrogens (tertiary/aromatic N) is 1. The molecule has 88 valence electrons. The molecule has 1 heterocycles. The zero-order valence-corrected chi connectivity index (χ0v) is 10.2. The van der Waals surface area contributed by atoms with Crippen molar-refractivity contribution in [2.75, 3.05) is 5.32 Å². The zero-order valence-electron chi connectivity index (χ0n) is 10.2. The topological polar surface area (TPSA) is 42.0 Å². The lowest BCUT2D eigenvalue weighted by atomic mass is 10.1. The monoisotopic (exact) mass is 228 g/mol. The Morgan fingerprint density at radius 3 is 2.88 bits per heavy atom. The maximum absolute atomic E-state index is 11.6. The van der Waals surface area contributed by atoms with E-state index in [4.69, 9.17) is 0 Å². The first-order valence-electron chi connectivity index (χ1n) is 5.87. The number of para-hydroxylation sites is 1. The zero-order chi connectivity index (χ0) is 12.3. The van der Waals surface area contributed by atoms with Crippen molar-refractivity contribution in [1.29, 1.82) is 0 Å². The molecule has 2 rings (SSSR count). The second-order valence-corrected chi connectivity index (χ2v) is 4.13. The van der Waals surface area contributed by atoms with Crippen molar-refractivity contribution in [3.05, 3.63) is 36.0 Å². The molecular formula is C14H16N2O. The van der Waals surface area contributed by atoms with E-state index in [-0.39, 0.29) is 5.91 Å². The van der Waals surface area contributed by atoms with E-state index < -0.39 is 0 Å². The summed E-state index contributed by atoms with van der Waals surface area (Å²) in [6, 6.07) is 9.75. The van der Waals surface area contributed by atoms with Crippen molar-refractivity contribution in [3.63, 3.8) is 0 Å². The Morgan fingerprint density at radius 1 is 1.35 bits per heavy atom. The molecule has 1 N–H and O–H groups in total. The van der Waals surface area contributed by atoms with Crippen LogP contribution in [0.5, 0.6) is 0 Å². The molecule has 0 fully saturated rings.